The van der Waals surface area contributed by atoms with E-state index in [1.54, 1.807) is 0 Å². The zero-order chi connectivity index (χ0) is 22.9. The van der Waals surface area contributed by atoms with E-state index in [0.29, 0.717) is 17.5 Å². The molecule has 0 aliphatic rings. The summed E-state index contributed by atoms with van der Waals surface area (Å²) in [6, 6.07) is 16.1. The van der Waals surface area contributed by atoms with Gasteiger partial charge in [0, 0.05) is 25.3 Å². The number of nitrogens with zero attached hydrogens (tertiary/aromatic N) is 2. The molecule has 0 unspecified atom stereocenters. The molecule has 3 aromatic rings. The second-order valence-corrected chi connectivity index (χ2v) is 8.74. The van der Waals surface area contributed by atoms with E-state index in [2.05, 4.69) is 26.7 Å². The first-order chi connectivity index (χ1) is 15.4. The van der Waals surface area contributed by atoms with Crippen LogP contribution in [0.5, 0.6) is 0 Å². The lowest BCUT2D eigenvalue weighted by atomic mass is 10.1. The minimum absolute atomic E-state index is 0.105. The van der Waals surface area contributed by atoms with E-state index >= 15 is 0 Å². The number of nitrogens with one attached hydrogen (secondary N) is 2. The highest BCUT2D eigenvalue weighted by Crippen LogP contribution is 2.22. The third kappa shape index (κ3) is 7.35. The lowest BCUT2D eigenvalue weighted by Gasteiger charge is -2.09. The maximum Gasteiger partial charge on any atom is 0.271 e. The van der Waals surface area contributed by atoms with Gasteiger partial charge in [-0.05, 0) is 25.0 Å². The van der Waals surface area contributed by atoms with Gasteiger partial charge < -0.3 is 10.6 Å². The van der Waals surface area contributed by atoms with Crippen molar-refractivity contribution in [3.63, 3.8) is 0 Å². The van der Waals surface area contributed by atoms with Gasteiger partial charge in [0.2, 0.25) is 5.91 Å². The number of aryl methyl sites for hydroxylation is 2. The number of carbonyl (C=O) groups is 2. The van der Waals surface area contributed by atoms with Crippen LogP contribution in [-0.4, -0.2) is 28.3 Å². The number of aromatic nitrogens is 2. The average Bonchev–Trinajstić information content (AvgIpc) is 2.78. The smallest absolute Gasteiger partial charge is 0.271 e. The molecular weight excluding hydrogens is 444 g/mol. The summed E-state index contributed by atoms with van der Waals surface area (Å²) in [5.41, 5.74) is 4.63. The van der Waals surface area contributed by atoms with Crippen molar-refractivity contribution in [1.82, 2.24) is 20.6 Å². The lowest BCUT2D eigenvalue weighted by Crippen LogP contribution is -2.31. The molecule has 0 radical (unpaired) electrons. The summed E-state index contributed by atoms with van der Waals surface area (Å²) >= 11 is 7.56. The number of halogens is 1. The van der Waals surface area contributed by atoms with E-state index < -0.39 is 5.91 Å². The van der Waals surface area contributed by atoms with Gasteiger partial charge in [-0.3, -0.25) is 9.59 Å². The molecule has 2 N–H and O–H groups in total. The molecule has 2 amide bonds. The van der Waals surface area contributed by atoms with E-state index in [-0.39, 0.29) is 29.6 Å². The standard InChI is InChI=1S/C24H25ClN4O2S/c1-16-6-8-18(9-7-16)13-27-21(30)10-11-26-23(31)22-20(25)14-28-24(29-22)32-15-19-5-3-4-17(2)12-19/h3-9,12,14H,10-11,13,15H2,1-2H3,(H,26,31)(H,27,30). The summed E-state index contributed by atoms with van der Waals surface area (Å²) in [7, 11) is 0. The maximum absolute atomic E-state index is 12.5. The number of benzene rings is 2. The normalized spacial score (nSPS) is 10.6. The molecule has 0 fully saturated rings. The van der Waals surface area contributed by atoms with Gasteiger partial charge in [-0.25, -0.2) is 9.97 Å². The maximum atomic E-state index is 12.5. The van der Waals surface area contributed by atoms with Crippen molar-refractivity contribution < 1.29 is 9.59 Å². The van der Waals surface area contributed by atoms with E-state index in [1.165, 1.54) is 29.1 Å². The highest BCUT2D eigenvalue weighted by atomic mass is 35.5. The minimum atomic E-state index is -0.429. The fraction of sp³-hybridized carbons (Fsp3) is 0.250. The molecule has 0 aliphatic carbocycles. The number of carbonyl (C=O) groups excluding carboxylic acids is 2. The molecule has 0 atom stereocenters. The predicted octanol–water partition coefficient (Wildman–Crippen LogP) is 4.48. The molecule has 6 nitrogen and oxygen atoms in total. The van der Waals surface area contributed by atoms with E-state index in [0.717, 1.165) is 11.1 Å². The molecule has 8 heteroatoms. The zero-order valence-electron chi connectivity index (χ0n) is 18.0. The van der Waals surface area contributed by atoms with Gasteiger partial charge in [0.25, 0.3) is 5.91 Å². The van der Waals surface area contributed by atoms with Gasteiger partial charge in [0.05, 0.1) is 11.2 Å². The Morgan fingerprint density at radius 1 is 1.00 bits per heavy atom. The first-order valence-electron chi connectivity index (χ1n) is 10.2. The van der Waals surface area contributed by atoms with Crippen molar-refractivity contribution >= 4 is 35.2 Å². The van der Waals surface area contributed by atoms with Crippen LogP contribution in [0.2, 0.25) is 5.02 Å². The van der Waals surface area contributed by atoms with Gasteiger partial charge in [-0.1, -0.05) is 83.0 Å². The molecule has 166 valence electrons. The lowest BCUT2D eigenvalue weighted by molar-refractivity contribution is -0.121. The molecule has 0 spiro atoms. The molecule has 0 saturated heterocycles. The molecule has 1 aromatic heterocycles. The Kier molecular flexibility index (Phi) is 8.64. The number of thioether (sulfide) groups is 1. The summed E-state index contributed by atoms with van der Waals surface area (Å²) in [6.45, 7) is 4.69. The van der Waals surface area contributed by atoms with Crippen LogP contribution < -0.4 is 10.6 Å². The zero-order valence-corrected chi connectivity index (χ0v) is 19.6. The topological polar surface area (TPSA) is 84.0 Å². The van der Waals surface area contributed by atoms with Gasteiger partial charge in [-0.2, -0.15) is 0 Å². The quantitative estimate of drug-likeness (QED) is 0.357. The fourth-order valence-corrected chi connectivity index (χ4v) is 3.83. The Morgan fingerprint density at radius 3 is 2.53 bits per heavy atom. The highest BCUT2D eigenvalue weighted by Gasteiger charge is 2.15. The van der Waals surface area contributed by atoms with E-state index in [4.69, 9.17) is 11.6 Å². The van der Waals surface area contributed by atoms with Crippen LogP contribution in [0, 0.1) is 13.8 Å². The molecule has 2 aromatic carbocycles. The number of hydrogen-bond acceptors (Lipinski definition) is 5. The minimum Gasteiger partial charge on any atom is -0.352 e. The van der Waals surface area contributed by atoms with Gasteiger partial charge >= 0.3 is 0 Å². The van der Waals surface area contributed by atoms with Crippen molar-refractivity contribution in [2.45, 2.75) is 37.7 Å². The number of amides is 2. The monoisotopic (exact) mass is 468 g/mol. The third-order valence-corrected chi connectivity index (χ3v) is 5.84. The van der Waals surface area contributed by atoms with E-state index in [9.17, 15) is 9.59 Å². The van der Waals surface area contributed by atoms with Gasteiger partial charge in [-0.15, -0.1) is 0 Å². The molecule has 0 bridgehead atoms. The van der Waals surface area contributed by atoms with Crippen molar-refractivity contribution in [3.8, 4) is 0 Å². The van der Waals surface area contributed by atoms with Crippen molar-refractivity contribution in [1.29, 1.82) is 0 Å². The second-order valence-electron chi connectivity index (χ2n) is 7.40. The van der Waals surface area contributed by atoms with Crippen LogP contribution in [0.25, 0.3) is 0 Å². The number of rotatable bonds is 9. The SMILES string of the molecule is Cc1ccc(CNC(=O)CCNC(=O)c2nc(SCc3cccc(C)c3)ncc2Cl)cc1. The summed E-state index contributed by atoms with van der Waals surface area (Å²) in [5.74, 6) is 0.112. The van der Waals surface area contributed by atoms with Crippen molar-refractivity contribution in [2.24, 2.45) is 0 Å². The first kappa shape index (κ1) is 23.8. The third-order valence-electron chi connectivity index (χ3n) is 4.64. The predicted molar refractivity (Wildman–Crippen MR) is 128 cm³/mol. The Bertz CT molecular complexity index is 1090. The van der Waals surface area contributed by atoms with Gasteiger partial charge in [0.15, 0.2) is 10.9 Å². The Hall–Kier alpha value is -2.90. The van der Waals surface area contributed by atoms with Crippen LogP contribution in [0.15, 0.2) is 59.9 Å². The van der Waals surface area contributed by atoms with Crippen LogP contribution in [-0.2, 0) is 17.1 Å². The first-order valence-corrected chi connectivity index (χ1v) is 11.6. The summed E-state index contributed by atoms with van der Waals surface area (Å²) in [4.78, 5) is 33.1. The highest BCUT2D eigenvalue weighted by molar-refractivity contribution is 7.98. The Balaban J connectivity index is 1.47. The summed E-state index contributed by atoms with van der Waals surface area (Å²) in [6.07, 6.45) is 1.59. The number of hydrogen-bond donors (Lipinski definition) is 2. The van der Waals surface area contributed by atoms with Gasteiger partial charge in [0.1, 0.15) is 0 Å². The Morgan fingerprint density at radius 2 is 1.78 bits per heavy atom. The molecule has 3 rings (SSSR count). The molecule has 0 saturated carbocycles. The Labute approximate surface area is 197 Å². The second kappa shape index (κ2) is 11.6. The summed E-state index contributed by atoms with van der Waals surface area (Å²) < 4.78 is 0. The van der Waals surface area contributed by atoms with Crippen LogP contribution in [0.3, 0.4) is 0 Å². The average molecular weight is 469 g/mol. The largest absolute Gasteiger partial charge is 0.352 e. The van der Waals surface area contributed by atoms with Crippen LogP contribution in [0.4, 0.5) is 0 Å². The van der Waals surface area contributed by atoms with Crippen molar-refractivity contribution in [3.05, 3.63) is 87.7 Å². The van der Waals surface area contributed by atoms with Crippen LogP contribution >= 0.6 is 23.4 Å². The fourth-order valence-electron chi connectivity index (χ4n) is 2.90. The van der Waals surface area contributed by atoms with Crippen molar-refractivity contribution in [2.75, 3.05) is 6.54 Å². The van der Waals surface area contributed by atoms with Crippen LogP contribution in [0.1, 0.15) is 39.2 Å². The molecule has 1 heterocycles. The molecular formula is C24H25ClN4O2S. The molecule has 32 heavy (non-hydrogen) atoms. The summed E-state index contributed by atoms with van der Waals surface area (Å²) in [5, 5.41) is 6.19. The van der Waals surface area contributed by atoms with E-state index in [1.807, 2.05) is 56.3 Å². The molecule has 0 aliphatic heterocycles.